The molecule has 0 radical (unpaired) electrons. The van der Waals surface area contributed by atoms with E-state index in [0.717, 1.165) is 0 Å². The first-order chi connectivity index (χ1) is 12.9. The lowest BCUT2D eigenvalue weighted by Gasteiger charge is -2.07. The zero-order valence-corrected chi connectivity index (χ0v) is 15.9. The van der Waals surface area contributed by atoms with Crippen molar-refractivity contribution in [2.24, 2.45) is 0 Å². The Morgan fingerprint density at radius 3 is 2.70 bits per heavy atom. The number of ether oxygens (including phenoxy) is 2. The summed E-state index contributed by atoms with van der Waals surface area (Å²) in [5.74, 6) is -2.17. The number of halogens is 1. The standard InChI is InChI=1S/C19H18FNO5S/c1-4-26-16-7-11(9-27-16)19(24)21-10(2)12(8-15(22)23)17-13(21)5-6-14(25-3)18(17)20/h5-7,9H,4,8H2,1-3H3,(H,22,23). The summed E-state index contributed by atoms with van der Waals surface area (Å²) in [7, 11) is 1.33. The number of rotatable bonds is 6. The number of carboxylic acid groups (broad SMARTS) is 1. The molecule has 0 unspecified atom stereocenters. The summed E-state index contributed by atoms with van der Waals surface area (Å²) in [6, 6.07) is 4.60. The van der Waals surface area contributed by atoms with Gasteiger partial charge in [0.25, 0.3) is 5.91 Å². The van der Waals surface area contributed by atoms with Crippen LogP contribution in [0.25, 0.3) is 10.9 Å². The number of aromatic nitrogens is 1. The molecule has 0 saturated heterocycles. The van der Waals surface area contributed by atoms with Crippen molar-refractivity contribution in [2.75, 3.05) is 13.7 Å². The minimum atomic E-state index is -1.11. The van der Waals surface area contributed by atoms with Gasteiger partial charge in [0.1, 0.15) is 0 Å². The van der Waals surface area contributed by atoms with E-state index in [1.807, 2.05) is 6.92 Å². The summed E-state index contributed by atoms with van der Waals surface area (Å²) in [5.41, 5.74) is 1.33. The lowest BCUT2D eigenvalue weighted by atomic mass is 10.1. The zero-order chi connectivity index (χ0) is 19.7. The Bertz CT molecular complexity index is 1040. The maximum absolute atomic E-state index is 14.9. The number of fused-ring (bicyclic) bond motifs is 1. The molecule has 0 atom stereocenters. The lowest BCUT2D eigenvalue weighted by Crippen LogP contribution is -2.13. The third kappa shape index (κ3) is 3.28. The van der Waals surface area contributed by atoms with E-state index in [1.54, 1.807) is 24.4 Å². The summed E-state index contributed by atoms with van der Waals surface area (Å²) in [6.07, 6.45) is -0.402. The molecule has 6 nitrogen and oxygen atoms in total. The fourth-order valence-electron chi connectivity index (χ4n) is 3.08. The number of carboxylic acids is 1. The number of benzene rings is 1. The molecular weight excluding hydrogens is 373 g/mol. The van der Waals surface area contributed by atoms with Gasteiger partial charge in [-0.25, -0.2) is 4.39 Å². The van der Waals surface area contributed by atoms with Gasteiger partial charge in [-0.2, -0.15) is 0 Å². The molecule has 1 N–H and O–H groups in total. The first-order valence-corrected chi connectivity index (χ1v) is 9.11. The Hall–Kier alpha value is -2.87. The second kappa shape index (κ2) is 7.40. The van der Waals surface area contributed by atoms with Crippen molar-refractivity contribution in [1.29, 1.82) is 0 Å². The summed E-state index contributed by atoms with van der Waals surface area (Å²) < 4.78 is 26.6. The molecule has 0 fully saturated rings. The molecule has 0 aliphatic heterocycles. The molecule has 0 aliphatic carbocycles. The van der Waals surface area contributed by atoms with E-state index < -0.39 is 18.2 Å². The molecular formula is C19H18FNO5S. The van der Waals surface area contributed by atoms with E-state index in [1.165, 1.54) is 29.1 Å². The Balaban J connectivity index is 2.22. The van der Waals surface area contributed by atoms with Gasteiger partial charge in [-0.15, -0.1) is 11.3 Å². The molecule has 1 aromatic carbocycles. The number of methoxy groups -OCH3 is 1. The molecule has 0 amide bonds. The molecule has 2 heterocycles. The summed E-state index contributed by atoms with van der Waals surface area (Å²) >= 11 is 1.29. The highest BCUT2D eigenvalue weighted by atomic mass is 32.1. The number of carbonyl (C=O) groups excluding carboxylic acids is 1. The van der Waals surface area contributed by atoms with E-state index in [4.69, 9.17) is 9.47 Å². The third-order valence-electron chi connectivity index (χ3n) is 4.26. The first-order valence-electron chi connectivity index (χ1n) is 8.23. The van der Waals surface area contributed by atoms with Gasteiger partial charge in [0, 0.05) is 22.5 Å². The fraction of sp³-hybridized carbons (Fsp3) is 0.263. The second-order valence-electron chi connectivity index (χ2n) is 5.84. The van der Waals surface area contributed by atoms with Crippen LogP contribution in [0.1, 0.15) is 28.5 Å². The Labute approximate surface area is 158 Å². The van der Waals surface area contributed by atoms with Gasteiger partial charge in [0.05, 0.1) is 31.2 Å². The van der Waals surface area contributed by atoms with Gasteiger partial charge in [0.2, 0.25) is 0 Å². The lowest BCUT2D eigenvalue weighted by molar-refractivity contribution is -0.136. The first kappa shape index (κ1) is 18.9. The van der Waals surface area contributed by atoms with E-state index in [0.29, 0.717) is 28.4 Å². The third-order valence-corrected chi connectivity index (χ3v) is 5.10. The van der Waals surface area contributed by atoms with E-state index in [-0.39, 0.29) is 22.6 Å². The Morgan fingerprint density at radius 1 is 1.33 bits per heavy atom. The number of aliphatic carboxylic acids is 1. The highest BCUT2D eigenvalue weighted by Gasteiger charge is 2.25. The topological polar surface area (TPSA) is 77.8 Å². The van der Waals surface area contributed by atoms with Crippen LogP contribution in [0.2, 0.25) is 0 Å². The fourth-order valence-corrected chi connectivity index (χ4v) is 3.87. The van der Waals surface area contributed by atoms with Crippen molar-refractivity contribution in [3.8, 4) is 10.8 Å². The molecule has 0 saturated carbocycles. The highest BCUT2D eigenvalue weighted by molar-refractivity contribution is 7.12. The molecule has 27 heavy (non-hydrogen) atoms. The average Bonchev–Trinajstić information content (AvgIpc) is 3.19. The van der Waals surface area contributed by atoms with Crippen LogP contribution in [0.4, 0.5) is 4.39 Å². The summed E-state index contributed by atoms with van der Waals surface area (Å²) in [5, 5.41) is 11.6. The predicted octanol–water partition coefficient (Wildman–Crippen LogP) is 3.87. The largest absolute Gasteiger partial charge is 0.494 e. The van der Waals surface area contributed by atoms with Crippen LogP contribution in [0.5, 0.6) is 10.8 Å². The van der Waals surface area contributed by atoms with Crippen LogP contribution in [0.15, 0.2) is 23.6 Å². The number of hydrogen-bond donors (Lipinski definition) is 1. The Kier molecular flexibility index (Phi) is 5.18. The van der Waals surface area contributed by atoms with Gasteiger partial charge in [-0.05, 0) is 31.5 Å². The minimum absolute atomic E-state index is 0.00657. The number of hydrogen-bond acceptors (Lipinski definition) is 5. The van der Waals surface area contributed by atoms with Crippen LogP contribution >= 0.6 is 11.3 Å². The number of carbonyl (C=O) groups is 2. The van der Waals surface area contributed by atoms with Crippen molar-refractivity contribution >= 4 is 34.1 Å². The van der Waals surface area contributed by atoms with Crippen LogP contribution in [-0.4, -0.2) is 35.3 Å². The van der Waals surface area contributed by atoms with Crippen LogP contribution in [0.3, 0.4) is 0 Å². The van der Waals surface area contributed by atoms with E-state index in [2.05, 4.69) is 0 Å². The SMILES string of the molecule is CCOc1cc(C(=O)n2c(C)c(CC(=O)O)c3c(F)c(OC)ccc32)cs1. The van der Waals surface area contributed by atoms with Crippen LogP contribution in [0, 0.1) is 12.7 Å². The molecule has 0 bridgehead atoms. The van der Waals surface area contributed by atoms with Crippen LogP contribution < -0.4 is 9.47 Å². The van der Waals surface area contributed by atoms with Crippen molar-refractivity contribution < 1.29 is 28.6 Å². The molecule has 3 aromatic rings. The van der Waals surface area contributed by atoms with Gasteiger partial charge < -0.3 is 14.6 Å². The number of nitrogens with zero attached hydrogens (tertiary/aromatic N) is 1. The molecule has 3 rings (SSSR count). The van der Waals surface area contributed by atoms with Gasteiger partial charge in [-0.3, -0.25) is 14.2 Å². The van der Waals surface area contributed by atoms with Crippen LogP contribution in [-0.2, 0) is 11.2 Å². The Morgan fingerprint density at radius 2 is 2.07 bits per heavy atom. The molecule has 0 spiro atoms. The normalized spacial score (nSPS) is 11.0. The van der Waals surface area contributed by atoms with Gasteiger partial charge in [-0.1, -0.05) is 0 Å². The van der Waals surface area contributed by atoms with Crippen molar-refractivity contribution in [3.63, 3.8) is 0 Å². The molecule has 0 aliphatic rings. The van der Waals surface area contributed by atoms with Gasteiger partial charge >= 0.3 is 5.97 Å². The molecule has 8 heteroatoms. The maximum Gasteiger partial charge on any atom is 0.307 e. The highest BCUT2D eigenvalue weighted by Crippen LogP contribution is 2.34. The van der Waals surface area contributed by atoms with Gasteiger partial charge in [0.15, 0.2) is 16.6 Å². The molecule has 2 aromatic heterocycles. The van der Waals surface area contributed by atoms with E-state index in [9.17, 15) is 19.1 Å². The summed E-state index contributed by atoms with van der Waals surface area (Å²) in [6.45, 7) is 3.93. The monoisotopic (exact) mass is 391 g/mol. The smallest absolute Gasteiger partial charge is 0.307 e. The average molecular weight is 391 g/mol. The zero-order valence-electron chi connectivity index (χ0n) is 15.0. The van der Waals surface area contributed by atoms with Crippen molar-refractivity contribution in [2.45, 2.75) is 20.3 Å². The minimum Gasteiger partial charge on any atom is -0.494 e. The van der Waals surface area contributed by atoms with E-state index >= 15 is 0 Å². The van der Waals surface area contributed by atoms with Crippen molar-refractivity contribution in [3.05, 3.63) is 46.2 Å². The van der Waals surface area contributed by atoms with Crippen molar-refractivity contribution in [1.82, 2.24) is 4.57 Å². The predicted molar refractivity (Wildman–Crippen MR) is 99.7 cm³/mol. The quantitative estimate of drug-likeness (QED) is 0.690. The maximum atomic E-state index is 14.9. The second-order valence-corrected chi connectivity index (χ2v) is 6.71. The molecule has 142 valence electrons. The number of thiophene rings is 1. The summed E-state index contributed by atoms with van der Waals surface area (Å²) in [4.78, 5) is 24.4.